The van der Waals surface area contributed by atoms with Crippen LogP contribution in [0.15, 0.2) is 24.3 Å². The van der Waals surface area contributed by atoms with E-state index in [0.717, 1.165) is 12.1 Å². The van der Waals surface area contributed by atoms with Crippen molar-refractivity contribution in [2.45, 2.75) is 45.6 Å². The van der Waals surface area contributed by atoms with Gasteiger partial charge in [0.1, 0.15) is 0 Å². The Kier molecular flexibility index (Phi) is 5.37. The van der Waals surface area contributed by atoms with Gasteiger partial charge < -0.3 is 10.6 Å². The fourth-order valence-corrected chi connectivity index (χ4v) is 2.82. The topological polar surface area (TPSA) is 58.2 Å². The Morgan fingerprint density at radius 2 is 2.00 bits per heavy atom. The van der Waals surface area contributed by atoms with Crippen molar-refractivity contribution in [2.75, 3.05) is 11.9 Å². The number of carbonyl (C=O) groups excluding carboxylic acids is 2. The van der Waals surface area contributed by atoms with E-state index in [1.807, 2.05) is 12.1 Å². The van der Waals surface area contributed by atoms with E-state index in [4.69, 9.17) is 0 Å². The van der Waals surface area contributed by atoms with Crippen molar-refractivity contribution in [2.24, 2.45) is 5.92 Å². The molecule has 1 aliphatic rings. The number of carbonyl (C=O) groups is 2. The van der Waals surface area contributed by atoms with E-state index in [9.17, 15) is 9.59 Å². The summed E-state index contributed by atoms with van der Waals surface area (Å²) >= 11 is 0. The van der Waals surface area contributed by atoms with Crippen LogP contribution in [-0.4, -0.2) is 24.3 Å². The molecule has 4 nitrogen and oxygen atoms in total. The van der Waals surface area contributed by atoms with E-state index >= 15 is 0 Å². The van der Waals surface area contributed by atoms with Crippen LogP contribution >= 0.6 is 0 Å². The Bertz CT molecular complexity index is 513. The number of hydrogen-bond donors (Lipinski definition) is 2. The number of hydrogen-bond acceptors (Lipinski definition) is 3. The highest BCUT2D eigenvalue weighted by Gasteiger charge is 2.22. The molecular weight excluding hydrogens is 264 g/mol. The molecule has 0 heterocycles. The SMILES string of the molecule is CC(=O)c1cccc(NCC(=O)N[C@@H]2CCCC[C@@H]2C)c1. The number of amides is 1. The minimum Gasteiger partial charge on any atom is -0.376 e. The van der Waals surface area contributed by atoms with E-state index < -0.39 is 0 Å². The normalized spacial score (nSPS) is 21.6. The van der Waals surface area contributed by atoms with Gasteiger partial charge in [0.25, 0.3) is 0 Å². The lowest BCUT2D eigenvalue weighted by molar-refractivity contribution is -0.120. The van der Waals surface area contributed by atoms with E-state index in [2.05, 4.69) is 17.6 Å². The molecule has 0 aliphatic heterocycles. The van der Waals surface area contributed by atoms with Gasteiger partial charge in [0, 0.05) is 17.3 Å². The zero-order valence-electron chi connectivity index (χ0n) is 12.8. The largest absolute Gasteiger partial charge is 0.376 e. The third kappa shape index (κ3) is 4.59. The molecule has 1 aromatic rings. The molecular formula is C17H24N2O2. The van der Waals surface area contributed by atoms with Crippen molar-refractivity contribution in [1.82, 2.24) is 5.32 Å². The summed E-state index contributed by atoms with van der Waals surface area (Å²) in [4.78, 5) is 23.3. The van der Waals surface area contributed by atoms with E-state index in [0.29, 0.717) is 17.5 Å². The molecule has 4 heteroatoms. The number of benzene rings is 1. The molecule has 1 amide bonds. The molecule has 21 heavy (non-hydrogen) atoms. The highest BCUT2D eigenvalue weighted by Crippen LogP contribution is 2.23. The summed E-state index contributed by atoms with van der Waals surface area (Å²) in [6, 6.07) is 7.54. The molecule has 1 fully saturated rings. The quantitative estimate of drug-likeness (QED) is 0.819. The van der Waals surface area contributed by atoms with Crippen LogP contribution in [0, 0.1) is 5.92 Å². The van der Waals surface area contributed by atoms with Crippen LogP contribution in [0.3, 0.4) is 0 Å². The Hall–Kier alpha value is -1.84. The summed E-state index contributed by atoms with van der Waals surface area (Å²) in [6.45, 7) is 3.98. The van der Waals surface area contributed by atoms with Gasteiger partial charge in [-0.2, -0.15) is 0 Å². The fraction of sp³-hybridized carbons (Fsp3) is 0.529. The molecule has 1 aliphatic carbocycles. The van der Waals surface area contributed by atoms with Gasteiger partial charge in [-0.1, -0.05) is 31.9 Å². The minimum absolute atomic E-state index is 0.0157. The van der Waals surface area contributed by atoms with Crippen LogP contribution in [0.2, 0.25) is 0 Å². The monoisotopic (exact) mass is 288 g/mol. The molecule has 2 rings (SSSR count). The first-order valence-corrected chi connectivity index (χ1v) is 7.70. The predicted molar refractivity (Wildman–Crippen MR) is 84.5 cm³/mol. The number of nitrogens with one attached hydrogen (secondary N) is 2. The standard InChI is InChI=1S/C17H24N2O2/c1-12-6-3-4-9-16(12)19-17(21)11-18-15-8-5-7-14(10-15)13(2)20/h5,7-8,10,12,16,18H,3-4,6,9,11H2,1-2H3,(H,19,21)/t12-,16+/m0/s1. The molecule has 0 spiro atoms. The number of rotatable bonds is 5. The Balaban J connectivity index is 1.83. The second-order valence-corrected chi connectivity index (χ2v) is 5.93. The van der Waals surface area contributed by atoms with Crippen LogP contribution in [0.5, 0.6) is 0 Å². The molecule has 0 bridgehead atoms. The minimum atomic E-state index is 0.0157. The second-order valence-electron chi connectivity index (χ2n) is 5.93. The van der Waals surface area contributed by atoms with Gasteiger partial charge in [0.05, 0.1) is 6.54 Å². The van der Waals surface area contributed by atoms with Gasteiger partial charge in [0.15, 0.2) is 5.78 Å². The van der Waals surface area contributed by atoms with Crippen LogP contribution in [-0.2, 0) is 4.79 Å². The summed E-state index contributed by atoms with van der Waals surface area (Å²) in [6.07, 6.45) is 4.73. The highest BCUT2D eigenvalue weighted by atomic mass is 16.2. The summed E-state index contributed by atoms with van der Waals surface area (Å²) < 4.78 is 0. The lowest BCUT2D eigenvalue weighted by atomic mass is 9.86. The molecule has 114 valence electrons. The van der Waals surface area contributed by atoms with Crippen LogP contribution in [0.4, 0.5) is 5.69 Å². The Morgan fingerprint density at radius 3 is 2.71 bits per heavy atom. The average molecular weight is 288 g/mol. The molecule has 2 atom stereocenters. The first-order chi connectivity index (χ1) is 10.1. The zero-order chi connectivity index (χ0) is 15.2. The molecule has 0 aromatic heterocycles. The molecule has 1 aromatic carbocycles. The fourth-order valence-electron chi connectivity index (χ4n) is 2.82. The van der Waals surface area contributed by atoms with Crippen LogP contribution in [0.25, 0.3) is 0 Å². The third-order valence-electron chi connectivity index (χ3n) is 4.18. The first kappa shape index (κ1) is 15.5. The number of anilines is 1. The lowest BCUT2D eigenvalue weighted by Gasteiger charge is -2.29. The number of Topliss-reactive ketones (excluding diaryl/α,β-unsaturated/α-hetero) is 1. The molecule has 0 unspecified atom stereocenters. The first-order valence-electron chi connectivity index (χ1n) is 7.70. The van der Waals surface area contributed by atoms with Gasteiger partial charge in [-0.25, -0.2) is 0 Å². The van der Waals surface area contributed by atoms with E-state index in [-0.39, 0.29) is 18.2 Å². The summed E-state index contributed by atoms with van der Waals surface area (Å²) in [5.41, 5.74) is 1.45. The summed E-state index contributed by atoms with van der Waals surface area (Å²) in [7, 11) is 0. The van der Waals surface area contributed by atoms with Crippen molar-refractivity contribution in [3.8, 4) is 0 Å². The maximum Gasteiger partial charge on any atom is 0.239 e. The Morgan fingerprint density at radius 1 is 1.24 bits per heavy atom. The van der Waals surface area contributed by atoms with Crippen LogP contribution < -0.4 is 10.6 Å². The summed E-state index contributed by atoms with van der Waals surface area (Å²) in [5.74, 6) is 0.602. The van der Waals surface area contributed by atoms with E-state index in [1.54, 1.807) is 12.1 Å². The van der Waals surface area contributed by atoms with Gasteiger partial charge in [-0.05, 0) is 37.8 Å². The molecule has 2 N–H and O–H groups in total. The smallest absolute Gasteiger partial charge is 0.239 e. The third-order valence-corrected chi connectivity index (χ3v) is 4.18. The van der Waals surface area contributed by atoms with Crippen molar-refractivity contribution in [3.05, 3.63) is 29.8 Å². The van der Waals surface area contributed by atoms with Crippen molar-refractivity contribution in [1.29, 1.82) is 0 Å². The maximum atomic E-state index is 12.0. The highest BCUT2D eigenvalue weighted by molar-refractivity contribution is 5.95. The van der Waals surface area contributed by atoms with E-state index in [1.165, 1.54) is 26.2 Å². The average Bonchev–Trinajstić information content (AvgIpc) is 2.48. The lowest BCUT2D eigenvalue weighted by Crippen LogP contribution is -2.43. The maximum absolute atomic E-state index is 12.0. The van der Waals surface area contributed by atoms with Gasteiger partial charge in [-0.15, -0.1) is 0 Å². The van der Waals surface area contributed by atoms with Crippen molar-refractivity contribution in [3.63, 3.8) is 0 Å². The number of ketones is 1. The molecule has 0 saturated heterocycles. The van der Waals surface area contributed by atoms with Crippen LogP contribution in [0.1, 0.15) is 49.9 Å². The van der Waals surface area contributed by atoms with Crippen molar-refractivity contribution < 1.29 is 9.59 Å². The van der Waals surface area contributed by atoms with Gasteiger partial charge in [-0.3, -0.25) is 9.59 Å². The molecule has 1 saturated carbocycles. The van der Waals surface area contributed by atoms with Gasteiger partial charge in [0.2, 0.25) is 5.91 Å². The molecule has 0 radical (unpaired) electrons. The summed E-state index contributed by atoms with van der Waals surface area (Å²) in [5, 5.41) is 6.19. The van der Waals surface area contributed by atoms with Crippen molar-refractivity contribution >= 4 is 17.4 Å². The zero-order valence-corrected chi connectivity index (χ0v) is 12.8. The van der Waals surface area contributed by atoms with Gasteiger partial charge >= 0.3 is 0 Å². The second kappa shape index (κ2) is 7.25. The predicted octanol–water partition coefficient (Wildman–Crippen LogP) is 3.00. The Labute approximate surface area is 126 Å².